The number of urea groups is 1. The molecular formula is C27H28FN7O. The summed E-state index contributed by atoms with van der Waals surface area (Å²) in [5.41, 5.74) is 3.90. The molecule has 2 N–H and O–H groups in total. The first-order valence-electron chi connectivity index (χ1n) is 12.5. The predicted octanol–water partition coefficient (Wildman–Crippen LogP) is 5.17. The number of pyridine rings is 1. The third-order valence-corrected chi connectivity index (χ3v) is 7.03. The van der Waals surface area contributed by atoms with Crippen molar-refractivity contribution < 1.29 is 9.18 Å². The summed E-state index contributed by atoms with van der Waals surface area (Å²) in [5.74, 6) is 0.0323. The fraction of sp³-hybridized carbons (Fsp3) is 0.333. The van der Waals surface area contributed by atoms with Gasteiger partial charge in [-0.05, 0) is 80.6 Å². The van der Waals surface area contributed by atoms with Gasteiger partial charge >= 0.3 is 6.03 Å². The summed E-state index contributed by atoms with van der Waals surface area (Å²) in [5, 5.41) is 3.74. The van der Waals surface area contributed by atoms with Crippen molar-refractivity contribution in [3.05, 3.63) is 66.6 Å². The molecule has 0 atom stereocenters. The highest BCUT2D eigenvalue weighted by Crippen LogP contribution is 2.45. The molecule has 2 aliphatic rings. The van der Waals surface area contributed by atoms with E-state index in [2.05, 4.69) is 30.2 Å². The number of amides is 2. The van der Waals surface area contributed by atoms with Crippen LogP contribution in [-0.2, 0) is 0 Å². The Morgan fingerprint density at radius 1 is 1.19 bits per heavy atom. The SMILES string of the molecule is O=C(Nc1ccc(-c2ncnc3[nH]cc(C4CC4)c23)c(F)c1)N(CCN1CCCC1)c1cccnc1. The summed E-state index contributed by atoms with van der Waals surface area (Å²) >= 11 is 0. The van der Waals surface area contributed by atoms with E-state index in [-0.39, 0.29) is 6.03 Å². The molecule has 2 amide bonds. The van der Waals surface area contributed by atoms with Crippen LogP contribution in [0.3, 0.4) is 0 Å². The van der Waals surface area contributed by atoms with E-state index in [1.54, 1.807) is 35.5 Å². The number of hydrogen-bond donors (Lipinski definition) is 2. The normalized spacial score (nSPS) is 15.9. The van der Waals surface area contributed by atoms with Crippen LogP contribution in [0.5, 0.6) is 0 Å². The number of aromatic nitrogens is 4. The second kappa shape index (κ2) is 9.66. The molecule has 4 aromatic rings. The van der Waals surface area contributed by atoms with Gasteiger partial charge in [-0.1, -0.05) is 0 Å². The molecule has 1 aliphatic carbocycles. The van der Waals surface area contributed by atoms with Gasteiger partial charge in [0.25, 0.3) is 0 Å². The molecule has 0 bridgehead atoms. The summed E-state index contributed by atoms with van der Waals surface area (Å²) in [6.45, 7) is 3.40. The van der Waals surface area contributed by atoms with Crippen LogP contribution in [0.1, 0.15) is 37.2 Å². The monoisotopic (exact) mass is 485 g/mol. The van der Waals surface area contributed by atoms with E-state index in [9.17, 15) is 4.79 Å². The average molecular weight is 486 g/mol. The molecule has 1 aliphatic heterocycles. The second-order valence-corrected chi connectivity index (χ2v) is 9.50. The lowest BCUT2D eigenvalue weighted by Gasteiger charge is -2.25. The Morgan fingerprint density at radius 3 is 2.81 bits per heavy atom. The molecule has 1 aromatic carbocycles. The number of carbonyl (C=O) groups is 1. The summed E-state index contributed by atoms with van der Waals surface area (Å²) in [6, 6.07) is 8.09. The Kier molecular flexibility index (Phi) is 6.06. The number of anilines is 2. The smallest absolute Gasteiger partial charge is 0.326 e. The number of aromatic amines is 1. The van der Waals surface area contributed by atoms with Crippen molar-refractivity contribution >= 4 is 28.4 Å². The first-order valence-corrected chi connectivity index (χ1v) is 12.5. The molecule has 36 heavy (non-hydrogen) atoms. The number of benzene rings is 1. The van der Waals surface area contributed by atoms with Crippen molar-refractivity contribution in [2.24, 2.45) is 0 Å². The van der Waals surface area contributed by atoms with Gasteiger partial charge in [-0.3, -0.25) is 9.88 Å². The second-order valence-electron chi connectivity index (χ2n) is 9.50. The van der Waals surface area contributed by atoms with Crippen LogP contribution in [0.15, 0.2) is 55.2 Å². The van der Waals surface area contributed by atoms with Gasteiger partial charge in [0.05, 0.1) is 17.6 Å². The number of nitrogens with zero attached hydrogens (tertiary/aromatic N) is 5. The number of hydrogen-bond acceptors (Lipinski definition) is 5. The van der Waals surface area contributed by atoms with E-state index < -0.39 is 5.82 Å². The Bertz CT molecular complexity index is 1380. The Labute approximate surface area is 208 Å². The zero-order chi connectivity index (χ0) is 24.5. The van der Waals surface area contributed by atoms with Gasteiger partial charge in [0.1, 0.15) is 17.8 Å². The summed E-state index contributed by atoms with van der Waals surface area (Å²) in [6.07, 6.45) is 11.4. The topological polar surface area (TPSA) is 90.0 Å². The minimum atomic E-state index is -0.444. The predicted molar refractivity (Wildman–Crippen MR) is 138 cm³/mol. The van der Waals surface area contributed by atoms with Gasteiger partial charge in [0.2, 0.25) is 0 Å². The minimum Gasteiger partial charge on any atom is -0.346 e. The van der Waals surface area contributed by atoms with E-state index in [4.69, 9.17) is 0 Å². The summed E-state index contributed by atoms with van der Waals surface area (Å²) in [4.78, 5) is 33.4. The number of nitrogens with one attached hydrogen (secondary N) is 2. The van der Waals surface area contributed by atoms with Gasteiger partial charge in [0, 0.05) is 42.1 Å². The molecule has 3 aromatic heterocycles. The molecule has 0 unspecified atom stereocenters. The van der Waals surface area contributed by atoms with Crippen molar-refractivity contribution in [2.75, 3.05) is 36.4 Å². The van der Waals surface area contributed by atoms with E-state index in [1.807, 2.05) is 12.3 Å². The standard InChI is InChI=1S/C27H28FN7O/c28-23-14-19(7-8-21(23)25-24-22(18-5-6-18)16-30-26(24)32-17-31-25)33-27(36)35(20-4-3-9-29-15-20)13-12-34-10-1-2-11-34/h3-4,7-9,14-18H,1-2,5-6,10-13H2,(H,33,36)(H,30,31,32). The molecule has 1 saturated heterocycles. The maximum Gasteiger partial charge on any atom is 0.326 e. The molecule has 4 heterocycles. The molecule has 6 rings (SSSR count). The minimum absolute atomic E-state index is 0.319. The zero-order valence-corrected chi connectivity index (χ0v) is 20.0. The number of likely N-dealkylation sites (tertiary alicyclic amines) is 1. The maximum absolute atomic E-state index is 15.4. The highest BCUT2D eigenvalue weighted by atomic mass is 19.1. The first-order chi connectivity index (χ1) is 17.7. The Morgan fingerprint density at radius 2 is 2.06 bits per heavy atom. The highest BCUT2D eigenvalue weighted by Gasteiger charge is 2.29. The van der Waals surface area contributed by atoms with Crippen LogP contribution in [0.2, 0.25) is 0 Å². The fourth-order valence-corrected chi connectivity index (χ4v) is 4.99. The van der Waals surface area contributed by atoms with Crippen molar-refractivity contribution in [1.82, 2.24) is 24.8 Å². The first kappa shape index (κ1) is 22.6. The highest BCUT2D eigenvalue weighted by molar-refractivity contribution is 6.02. The number of rotatable bonds is 7. The Hall–Kier alpha value is -3.85. The third kappa shape index (κ3) is 4.54. The van der Waals surface area contributed by atoms with E-state index >= 15 is 4.39 Å². The van der Waals surface area contributed by atoms with Gasteiger partial charge in [0.15, 0.2) is 0 Å². The van der Waals surface area contributed by atoms with Crippen LogP contribution >= 0.6 is 0 Å². The largest absolute Gasteiger partial charge is 0.346 e. The molecule has 0 spiro atoms. The average Bonchev–Trinajstić information content (AvgIpc) is 3.42. The quantitative estimate of drug-likeness (QED) is 0.377. The van der Waals surface area contributed by atoms with Crippen molar-refractivity contribution in [1.29, 1.82) is 0 Å². The lowest BCUT2D eigenvalue weighted by atomic mass is 10.0. The molecule has 1 saturated carbocycles. The Balaban J connectivity index is 1.24. The van der Waals surface area contributed by atoms with Crippen molar-refractivity contribution in [2.45, 2.75) is 31.6 Å². The summed E-state index contributed by atoms with van der Waals surface area (Å²) < 4.78 is 15.4. The summed E-state index contributed by atoms with van der Waals surface area (Å²) in [7, 11) is 0. The lowest BCUT2D eigenvalue weighted by molar-refractivity contribution is 0.255. The number of halogens is 1. The zero-order valence-electron chi connectivity index (χ0n) is 20.0. The van der Waals surface area contributed by atoms with E-state index in [1.165, 1.54) is 25.2 Å². The number of H-pyrrole nitrogens is 1. The maximum atomic E-state index is 15.4. The lowest BCUT2D eigenvalue weighted by Crippen LogP contribution is -2.40. The molecule has 0 radical (unpaired) electrons. The van der Waals surface area contributed by atoms with Gasteiger partial charge in [-0.25, -0.2) is 19.2 Å². The van der Waals surface area contributed by atoms with Crippen LogP contribution in [-0.4, -0.2) is 57.0 Å². The molecule has 2 fully saturated rings. The molecule has 184 valence electrons. The van der Waals surface area contributed by atoms with E-state index in [0.29, 0.717) is 40.7 Å². The van der Waals surface area contributed by atoms with E-state index in [0.717, 1.165) is 43.4 Å². The number of carbonyl (C=O) groups excluding carboxylic acids is 1. The molecule has 9 heteroatoms. The van der Waals surface area contributed by atoms with Gasteiger partial charge < -0.3 is 15.2 Å². The third-order valence-electron chi connectivity index (χ3n) is 7.03. The molecule has 8 nitrogen and oxygen atoms in total. The molecular weight excluding hydrogens is 457 g/mol. The fourth-order valence-electron chi connectivity index (χ4n) is 4.99. The van der Waals surface area contributed by atoms with Crippen LogP contribution < -0.4 is 10.2 Å². The van der Waals surface area contributed by atoms with Crippen LogP contribution in [0, 0.1) is 5.82 Å². The number of fused-ring (bicyclic) bond motifs is 1. The van der Waals surface area contributed by atoms with Crippen molar-refractivity contribution in [3.63, 3.8) is 0 Å². The van der Waals surface area contributed by atoms with Crippen LogP contribution in [0.25, 0.3) is 22.3 Å². The van der Waals surface area contributed by atoms with Gasteiger partial charge in [-0.15, -0.1) is 0 Å². The van der Waals surface area contributed by atoms with Crippen LogP contribution in [0.4, 0.5) is 20.6 Å². The van der Waals surface area contributed by atoms with Gasteiger partial charge in [-0.2, -0.15) is 0 Å². The van der Waals surface area contributed by atoms with Crippen molar-refractivity contribution in [3.8, 4) is 11.3 Å².